The molecular formula is C13H14ClFN4. The highest BCUT2D eigenvalue weighted by Gasteiger charge is 2.16. The summed E-state index contributed by atoms with van der Waals surface area (Å²) in [5.74, 6) is -0.639. The fourth-order valence-electron chi connectivity index (χ4n) is 1.76. The van der Waals surface area contributed by atoms with E-state index in [0.717, 1.165) is 5.56 Å². The van der Waals surface area contributed by atoms with Gasteiger partial charge in [0.25, 0.3) is 0 Å². The fourth-order valence-corrected chi connectivity index (χ4v) is 1.91. The second-order valence-corrected chi connectivity index (χ2v) is 4.58. The molecule has 0 bridgehead atoms. The Morgan fingerprint density at radius 2 is 1.89 bits per heavy atom. The van der Waals surface area contributed by atoms with E-state index in [9.17, 15) is 4.39 Å². The smallest absolute Gasteiger partial charge is 0.169 e. The molecule has 1 aromatic carbocycles. The molecule has 19 heavy (non-hydrogen) atoms. The lowest BCUT2D eigenvalue weighted by atomic mass is 10.1. The number of benzene rings is 1. The fraction of sp³-hybridized carbons (Fsp3) is 0.154. The number of nitrogens with two attached hydrogens (primary N) is 2. The molecule has 0 spiro atoms. The average Bonchev–Trinajstić information content (AvgIpc) is 2.42. The van der Waals surface area contributed by atoms with Crippen molar-refractivity contribution < 1.29 is 4.39 Å². The number of aromatic nitrogens is 1. The number of halogens is 2. The largest absolute Gasteiger partial charge is 0.397 e. The average molecular weight is 281 g/mol. The molecule has 0 aliphatic carbocycles. The maximum Gasteiger partial charge on any atom is 0.169 e. The Kier molecular flexibility index (Phi) is 3.76. The summed E-state index contributed by atoms with van der Waals surface area (Å²) < 4.78 is 14.0. The van der Waals surface area contributed by atoms with Crippen LogP contribution in [0.5, 0.6) is 0 Å². The van der Waals surface area contributed by atoms with E-state index in [1.54, 1.807) is 12.4 Å². The normalized spacial score (nSPS) is 12.2. The zero-order valence-corrected chi connectivity index (χ0v) is 11.1. The van der Waals surface area contributed by atoms with Crippen LogP contribution in [0.1, 0.15) is 18.5 Å². The topological polar surface area (TPSA) is 77.0 Å². The summed E-state index contributed by atoms with van der Waals surface area (Å²) in [6, 6.07) is 4.97. The van der Waals surface area contributed by atoms with Crippen molar-refractivity contribution in [1.82, 2.24) is 4.98 Å². The second kappa shape index (κ2) is 5.32. The molecular weight excluding hydrogens is 267 g/mol. The van der Waals surface area contributed by atoms with Crippen molar-refractivity contribution in [3.05, 3.63) is 47.0 Å². The molecule has 0 fully saturated rings. The summed E-state index contributed by atoms with van der Waals surface area (Å²) in [5.41, 5.74) is 12.8. The lowest BCUT2D eigenvalue weighted by Gasteiger charge is -2.18. The van der Waals surface area contributed by atoms with E-state index in [0.29, 0.717) is 0 Å². The maximum atomic E-state index is 14.0. The highest BCUT2D eigenvalue weighted by atomic mass is 35.5. The van der Waals surface area contributed by atoms with Crippen molar-refractivity contribution in [2.75, 3.05) is 16.8 Å². The number of nitrogens with one attached hydrogen (secondary N) is 1. The van der Waals surface area contributed by atoms with E-state index in [1.165, 1.54) is 6.07 Å². The van der Waals surface area contributed by atoms with E-state index in [2.05, 4.69) is 10.3 Å². The molecule has 0 aliphatic heterocycles. The first-order valence-electron chi connectivity index (χ1n) is 5.70. The summed E-state index contributed by atoms with van der Waals surface area (Å²) in [6.07, 6.45) is 3.34. The van der Waals surface area contributed by atoms with Crippen LogP contribution in [0.3, 0.4) is 0 Å². The van der Waals surface area contributed by atoms with E-state index < -0.39 is 5.82 Å². The Balaban J connectivity index is 2.32. The van der Waals surface area contributed by atoms with E-state index in [-0.39, 0.29) is 28.1 Å². The van der Waals surface area contributed by atoms with Gasteiger partial charge in [-0.2, -0.15) is 0 Å². The lowest BCUT2D eigenvalue weighted by Crippen LogP contribution is -2.11. The molecule has 1 heterocycles. The molecule has 0 amide bonds. The first-order valence-corrected chi connectivity index (χ1v) is 6.08. The summed E-state index contributed by atoms with van der Waals surface area (Å²) in [7, 11) is 0. The first-order chi connectivity index (χ1) is 9.00. The molecule has 0 saturated heterocycles. The highest BCUT2D eigenvalue weighted by molar-refractivity contribution is 6.33. The van der Waals surface area contributed by atoms with Gasteiger partial charge < -0.3 is 16.8 Å². The van der Waals surface area contributed by atoms with Gasteiger partial charge in [0.15, 0.2) is 5.82 Å². The van der Waals surface area contributed by atoms with Crippen LogP contribution in [-0.4, -0.2) is 4.98 Å². The Morgan fingerprint density at radius 3 is 2.53 bits per heavy atom. The number of nitrogens with zero attached hydrogens (tertiary/aromatic N) is 1. The summed E-state index contributed by atoms with van der Waals surface area (Å²) >= 11 is 5.78. The molecule has 1 unspecified atom stereocenters. The number of hydrogen-bond donors (Lipinski definition) is 3. The van der Waals surface area contributed by atoms with Crippen LogP contribution in [0, 0.1) is 5.82 Å². The third-order valence-electron chi connectivity index (χ3n) is 2.83. The van der Waals surface area contributed by atoms with Crippen LogP contribution < -0.4 is 16.8 Å². The van der Waals surface area contributed by atoms with Crippen LogP contribution in [-0.2, 0) is 0 Å². The number of pyridine rings is 1. The van der Waals surface area contributed by atoms with Crippen molar-refractivity contribution >= 4 is 28.7 Å². The van der Waals surface area contributed by atoms with Gasteiger partial charge in [0.1, 0.15) is 5.02 Å². The lowest BCUT2D eigenvalue weighted by molar-refractivity contribution is 0.629. The van der Waals surface area contributed by atoms with Crippen molar-refractivity contribution in [1.29, 1.82) is 0 Å². The van der Waals surface area contributed by atoms with Crippen LogP contribution >= 0.6 is 11.6 Å². The van der Waals surface area contributed by atoms with Crippen LogP contribution in [0.15, 0.2) is 30.6 Å². The quantitative estimate of drug-likeness (QED) is 0.755. The molecule has 6 heteroatoms. The van der Waals surface area contributed by atoms with Gasteiger partial charge in [-0.3, -0.25) is 4.98 Å². The molecule has 2 rings (SSSR count). The minimum Gasteiger partial charge on any atom is -0.397 e. The number of anilines is 3. The van der Waals surface area contributed by atoms with Gasteiger partial charge >= 0.3 is 0 Å². The Bertz CT molecular complexity index is 589. The number of rotatable bonds is 3. The van der Waals surface area contributed by atoms with Crippen LogP contribution in [0.4, 0.5) is 21.5 Å². The minimum atomic E-state index is -0.639. The molecule has 2 aromatic rings. The monoisotopic (exact) mass is 280 g/mol. The molecule has 5 N–H and O–H groups in total. The third kappa shape index (κ3) is 2.71. The van der Waals surface area contributed by atoms with E-state index in [4.69, 9.17) is 23.1 Å². The third-order valence-corrected chi connectivity index (χ3v) is 3.22. The summed E-state index contributed by atoms with van der Waals surface area (Å²) in [4.78, 5) is 3.93. The van der Waals surface area contributed by atoms with Crippen molar-refractivity contribution in [3.63, 3.8) is 0 Å². The van der Waals surface area contributed by atoms with Crippen LogP contribution in [0.2, 0.25) is 5.02 Å². The van der Waals surface area contributed by atoms with E-state index in [1.807, 2.05) is 19.1 Å². The highest BCUT2D eigenvalue weighted by Crippen LogP contribution is 2.35. The molecule has 1 atom stereocenters. The van der Waals surface area contributed by atoms with Gasteiger partial charge in [0, 0.05) is 18.4 Å². The van der Waals surface area contributed by atoms with Gasteiger partial charge in [0.2, 0.25) is 0 Å². The van der Waals surface area contributed by atoms with Crippen molar-refractivity contribution in [2.24, 2.45) is 0 Å². The van der Waals surface area contributed by atoms with Gasteiger partial charge in [-0.05, 0) is 30.7 Å². The Hall–Kier alpha value is -2.01. The van der Waals surface area contributed by atoms with E-state index >= 15 is 0 Å². The predicted octanol–water partition coefficient (Wildman–Crippen LogP) is 3.21. The Labute approximate surface area is 115 Å². The van der Waals surface area contributed by atoms with Gasteiger partial charge in [-0.25, -0.2) is 4.39 Å². The van der Waals surface area contributed by atoms with Gasteiger partial charge in [-0.15, -0.1) is 0 Å². The van der Waals surface area contributed by atoms with Crippen molar-refractivity contribution in [2.45, 2.75) is 13.0 Å². The molecule has 0 aliphatic rings. The SMILES string of the molecule is CC(Nc1c(N)cc(N)c(Cl)c1F)c1ccncc1. The van der Waals surface area contributed by atoms with Crippen LogP contribution in [0.25, 0.3) is 0 Å². The Morgan fingerprint density at radius 1 is 1.26 bits per heavy atom. The predicted molar refractivity (Wildman–Crippen MR) is 76.5 cm³/mol. The van der Waals surface area contributed by atoms with Gasteiger partial charge in [-0.1, -0.05) is 11.6 Å². The molecule has 1 aromatic heterocycles. The summed E-state index contributed by atoms with van der Waals surface area (Å²) in [6.45, 7) is 1.89. The molecule has 0 radical (unpaired) electrons. The molecule has 4 nitrogen and oxygen atoms in total. The zero-order chi connectivity index (χ0) is 14.0. The number of hydrogen-bond acceptors (Lipinski definition) is 4. The summed E-state index contributed by atoms with van der Waals surface area (Å²) in [5, 5.41) is 2.87. The second-order valence-electron chi connectivity index (χ2n) is 4.20. The molecule has 0 saturated carbocycles. The zero-order valence-electron chi connectivity index (χ0n) is 10.3. The van der Waals surface area contributed by atoms with Gasteiger partial charge in [0.05, 0.1) is 17.1 Å². The minimum absolute atomic E-state index is 0.124. The molecule has 100 valence electrons. The maximum absolute atomic E-state index is 14.0. The first kappa shape index (κ1) is 13.4. The standard InChI is InChI=1S/C13H14ClFN4/c1-7(8-2-4-18-5-3-8)19-13-10(17)6-9(16)11(14)12(13)15/h2-7,19H,16-17H2,1H3. The van der Waals surface area contributed by atoms with Crippen molar-refractivity contribution in [3.8, 4) is 0 Å². The number of nitrogen functional groups attached to an aromatic ring is 2.